The fraction of sp³-hybridized carbons (Fsp3) is 0.188. The van der Waals surface area contributed by atoms with E-state index in [-0.39, 0.29) is 11.6 Å². The zero-order valence-corrected chi connectivity index (χ0v) is 11.8. The average Bonchev–Trinajstić information content (AvgIpc) is 2.52. The maximum Gasteiger partial charge on any atom is 0.274 e. The Kier molecular flexibility index (Phi) is 4.52. The first kappa shape index (κ1) is 14.5. The average molecular weight is 280 g/mol. The second kappa shape index (κ2) is 6.53. The molecule has 5 heteroatoms. The number of hydrogen-bond acceptors (Lipinski definition) is 4. The lowest BCUT2D eigenvalue weighted by Gasteiger charge is -2.21. The minimum Gasteiger partial charge on any atom is -0.397 e. The molecule has 0 saturated carbocycles. The van der Waals surface area contributed by atoms with Crippen LogP contribution in [0.2, 0.25) is 0 Å². The van der Waals surface area contributed by atoms with Crippen LogP contribution < -0.4 is 5.73 Å². The Bertz CT molecular complexity index is 691. The van der Waals surface area contributed by atoms with E-state index in [1.165, 1.54) is 0 Å². The molecule has 0 spiro atoms. The van der Waals surface area contributed by atoms with Crippen molar-refractivity contribution in [3.05, 3.63) is 59.4 Å². The molecule has 0 saturated heterocycles. The Labute approximate surface area is 123 Å². The van der Waals surface area contributed by atoms with Gasteiger partial charge in [0.1, 0.15) is 0 Å². The van der Waals surface area contributed by atoms with Crippen molar-refractivity contribution in [3.63, 3.8) is 0 Å². The summed E-state index contributed by atoms with van der Waals surface area (Å²) in [4.78, 5) is 18.2. The molecule has 106 valence electrons. The molecule has 2 N–H and O–H groups in total. The number of pyridine rings is 1. The summed E-state index contributed by atoms with van der Waals surface area (Å²) in [6.07, 6.45) is 1.54. The summed E-state index contributed by atoms with van der Waals surface area (Å²) in [7, 11) is 0. The summed E-state index contributed by atoms with van der Waals surface area (Å²) in [6.45, 7) is 2.75. The minimum absolute atomic E-state index is 0.233. The number of aromatic nitrogens is 1. The monoisotopic (exact) mass is 280 g/mol. The van der Waals surface area contributed by atoms with Crippen molar-refractivity contribution in [2.45, 2.75) is 13.5 Å². The van der Waals surface area contributed by atoms with Crippen molar-refractivity contribution in [1.29, 1.82) is 5.26 Å². The number of hydrogen-bond donors (Lipinski definition) is 1. The lowest BCUT2D eigenvalue weighted by Crippen LogP contribution is -2.31. The van der Waals surface area contributed by atoms with E-state index in [1.807, 2.05) is 19.1 Å². The lowest BCUT2D eigenvalue weighted by atomic mass is 10.1. The molecule has 0 radical (unpaired) electrons. The van der Waals surface area contributed by atoms with Gasteiger partial charge in [-0.2, -0.15) is 5.26 Å². The number of nitrogens with zero attached hydrogens (tertiary/aromatic N) is 3. The van der Waals surface area contributed by atoms with Crippen LogP contribution in [0.4, 0.5) is 5.69 Å². The molecule has 1 heterocycles. The Morgan fingerprint density at radius 2 is 2.10 bits per heavy atom. The minimum atomic E-state index is -0.233. The van der Waals surface area contributed by atoms with E-state index in [2.05, 4.69) is 11.1 Å². The number of nitrogen functional groups attached to an aromatic ring is 1. The fourth-order valence-electron chi connectivity index (χ4n) is 2.05. The zero-order valence-electron chi connectivity index (χ0n) is 11.8. The number of nitrogens with two attached hydrogens (primary N) is 1. The van der Waals surface area contributed by atoms with Crippen LogP contribution in [0.25, 0.3) is 0 Å². The quantitative estimate of drug-likeness (QED) is 0.930. The number of amides is 1. The summed E-state index contributed by atoms with van der Waals surface area (Å²) in [5.74, 6) is -0.233. The van der Waals surface area contributed by atoms with E-state index in [0.29, 0.717) is 24.3 Å². The molecule has 5 nitrogen and oxygen atoms in total. The molecule has 0 bridgehead atoms. The van der Waals surface area contributed by atoms with Gasteiger partial charge in [0.05, 0.1) is 17.3 Å². The molecule has 1 amide bonds. The van der Waals surface area contributed by atoms with Crippen LogP contribution in [0.15, 0.2) is 42.6 Å². The van der Waals surface area contributed by atoms with Crippen molar-refractivity contribution < 1.29 is 4.79 Å². The predicted molar refractivity (Wildman–Crippen MR) is 80.2 cm³/mol. The summed E-state index contributed by atoms with van der Waals surface area (Å²) < 4.78 is 0. The number of rotatable bonds is 4. The van der Waals surface area contributed by atoms with E-state index >= 15 is 0 Å². The predicted octanol–water partition coefficient (Wildman–Crippen LogP) is 2.20. The third-order valence-electron chi connectivity index (χ3n) is 3.21. The third kappa shape index (κ3) is 3.18. The molecule has 0 unspecified atom stereocenters. The third-order valence-corrected chi connectivity index (χ3v) is 3.21. The Balaban J connectivity index is 2.27. The maximum absolute atomic E-state index is 12.5. The summed E-state index contributed by atoms with van der Waals surface area (Å²) >= 11 is 0. The largest absolute Gasteiger partial charge is 0.397 e. The topological polar surface area (TPSA) is 83.0 Å². The van der Waals surface area contributed by atoms with E-state index in [4.69, 9.17) is 11.0 Å². The van der Waals surface area contributed by atoms with Crippen molar-refractivity contribution in [2.24, 2.45) is 0 Å². The summed E-state index contributed by atoms with van der Waals surface area (Å²) in [5, 5.41) is 9.12. The summed E-state index contributed by atoms with van der Waals surface area (Å²) in [6, 6.07) is 12.7. The Morgan fingerprint density at radius 3 is 2.76 bits per heavy atom. The molecule has 1 aromatic heterocycles. The second-order valence-electron chi connectivity index (χ2n) is 4.53. The lowest BCUT2D eigenvalue weighted by molar-refractivity contribution is 0.0748. The van der Waals surface area contributed by atoms with Crippen molar-refractivity contribution >= 4 is 11.6 Å². The van der Waals surface area contributed by atoms with Crippen LogP contribution in [0.1, 0.15) is 28.5 Å². The van der Waals surface area contributed by atoms with Gasteiger partial charge in [-0.1, -0.05) is 18.2 Å². The van der Waals surface area contributed by atoms with Crippen molar-refractivity contribution in [3.8, 4) is 6.07 Å². The van der Waals surface area contributed by atoms with Gasteiger partial charge in [0.2, 0.25) is 0 Å². The number of benzene rings is 1. The van der Waals surface area contributed by atoms with E-state index in [1.54, 1.807) is 35.4 Å². The van der Waals surface area contributed by atoms with Gasteiger partial charge in [-0.15, -0.1) is 0 Å². The highest BCUT2D eigenvalue weighted by atomic mass is 16.2. The Morgan fingerprint density at radius 1 is 1.33 bits per heavy atom. The molecular formula is C16H16N4O. The second-order valence-corrected chi connectivity index (χ2v) is 4.53. The molecule has 2 rings (SSSR count). The Hall–Kier alpha value is -2.87. The normalized spacial score (nSPS) is 9.90. The SMILES string of the molecule is CCN(Cc1ccccc1C#N)C(=O)c1ncccc1N. The number of anilines is 1. The van der Waals surface area contributed by atoms with Crippen LogP contribution in [0.5, 0.6) is 0 Å². The fourth-order valence-corrected chi connectivity index (χ4v) is 2.05. The highest BCUT2D eigenvalue weighted by Crippen LogP contribution is 2.15. The van der Waals surface area contributed by atoms with E-state index < -0.39 is 0 Å². The number of carbonyl (C=O) groups is 1. The van der Waals surface area contributed by atoms with Crippen LogP contribution in [0, 0.1) is 11.3 Å². The van der Waals surface area contributed by atoms with Gasteiger partial charge in [-0.25, -0.2) is 4.98 Å². The van der Waals surface area contributed by atoms with Gasteiger partial charge in [-0.3, -0.25) is 4.79 Å². The number of nitriles is 1. The van der Waals surface area contributed by atoms with E-state index in [9.17, 15) is 4.79 Å². The maximum atomic E-state index is 12.5. The van der Waals surface area contributed by atoms with Gasteiger partial charge < -0.3 is 10.6 Å². The van der Waals surface area contributed by atoms with E-state index in [0.717, 1.165) is 5.56 Å². The molecule has 0 atom stereocenters. The van der Waals surface area contributed by atoms with Crippen LogP contribution in [-0.4, -0.2) is 22.3 Å². The van der Waals surface area contributed by atoms with Gasteiger partial charge >= 0.3 is 0 Å². The molecule has 21 heavy (non-hydrogen) atoms. The molecule has 0 aliphatic heterocycles. The van der Waals surface area contributed by atoms with Crippen molar-refractivity contribution in [1.82, 2.24) is 9.88 Å². The van der Waals surface area contributed by atoms with Crippen molar-refractivity contribution in [2.75, 3.05) is 12.3 Å². The van der Waals surface area contributed by atoms with Gasteiger partial charge in [0.15, 0.2) is 5.69 Å². The molecule has 0 aliphatic rings. The standard InChI is InChI=1S/C16H16N4O/c1-2-20(11-13-7-4-3-6-12(13)10-17)16(21)15-14(18)8-5-9-19-15/h3-9H,2,11,18H2,1H3. The first-order valence-corrected chi connectivity index (χ1v) is 6.65. The highest BCUT2D eigenvalue weighted by molar-refractivity contribution is 5.97. The molecule has 0 fully saturated rings. The molecule has 2 aromatic rings. The highest BCUT2D eigenvalue weighted by Gasteiger charge is 2.19. The first-order chi connectivity index (χ1) is 10.2. The van der Waals surface area contributed by atoms with Gasteiger partial charge in [-0.05, 0) is 30.7 Å². The first-order valence-electron chi connectivity index (χ1n) is 6.65. The zero-order chi connectivity index (χ0) is 15.2. The van der Waals surface area contributed by atoms with Crippen LogP contribution >= 0.6 is 0 Å². The number of carbonyl (C=O) groups excluding carboxylic acids is 1. The van der Waals surface area contributed by atoms with Crippen LogP contribution in [0.3, 0.4) is 0 Å². The molecular weight excluding hydrogens is 264 g/mol. The molecule has 1 aromatic carbocycles. The van der Waals surface area contributed by atoms with Gasteiger partial charge in [0.25, 0.3) is 5.91 Å². The van der Waals surface area contributed by atoms with Gasteiger partial charge in [0, 0.05) is 19.3 Å². The summed E-state index contributed by atoms with van der Waals surface area (Å²) in [5.41, 5.74) is 7.78. The molecule has 0 aliphatic carbocycles. The smallest absolute Gasteiger partial charge is 0.274 e. The van der Waals surface area contributed by atoms with Crippen LogP contribution in [-0.2, 0) is 6.54 Å².